The number of ether oxygens (including phenoxy) is 3. The maximum atomic E-state index is 12.6. The van der Waals surface area contributed by atoms with Crippen molar-refractivity contribution >= 4 is 23.7 Å². The lowest BCUT2D eigenvalue weighted by Crippen LogP contribution is -2.46. The van der Waals surface area contributed by atoms with E-state index in [1.54, 1.807) is 24.3 Å². The zero-order valence-electron chi connectivity index (χ0n) is 21.6. The smallest absolute Gasteiger partial charge is 0.410 e. The van der Waals surface area contributed by atoms with E-state index in [4.69, 9.17) is 30.9 Å². The molecule has 39 heavy (non-hydrogen) atoms. The summed E-state index contributed by atoms with van der Waals surface area (Å²) in [7, 11) is 0. The molecule has 3 heterocycles. The Hall–Kier alpha value is -3.82. The molecule has 2 fully saturated rings. The summed E-state index contributed by atoms with van der Waals surface area (Å²) in [6, 6.07) is 18.3. The molecule has 1 unspecified atom stereocenters. The van der Waals surface area contributed by atoms with E-state index in [-0.39, 0.29) is 18.2 Å². The number of carboxylic acids is 1. The van der Waals surface area contributed by atoms with Gasteiger partial charge in [0.2, 0.25) is 5.88 Å². The lowest BCUT2D eigenvalue weighted by atomic mass is 9.98. The van der Waals surface area contributed by atoms with E-state index in [0.29, 0.717) is 29.0 Å². The number of nitrogens with zero attached hydrogens (tertiary/aromatic N) is 3. The lowest BCUT2D eigenvalue weighted by Gasteiger charge is -2.38. The van der Waals surface area contributed by atoms with Gasteiger partial charge in [-0.1, -0.05) is 29.8 Å². The summed E-state index contributed by atoms with van der Waals surface area (Å²) in [6.45, 7) is 4.42. The molecule has 1 aromatic heterocycles. The summed E-state index contributed by atoms with van der Waals surface area (Å²) >= 11 is 6.19. The summed E-state index contributed by atoms with van der Waals surface area (Å²) in [5.74, 6) is 0.484. The number of aryl methyl sites for hydroxylation is 1. The first-order chi connectivity index (χ1) is 18.9. The number of rotatable bonds is 9. The Labute approximate surface area is 231 Å². The number of hydrogen-bond donors (Lipinski definition) is 1. The van der Waals surface area contributed by atoms with Crippen molar-refractivity contribution in [1.29, 1.82) is 0 Å². The Bertz CT molecular complexity index is 1330. The van der Waals surface area contributed by atoms with Crippen LogP contribution in [-0.2, 0) is 16.1 Å². The number of carbonyl (C=O) groups excluding carboxylic acids is 1. The van der Waals surface area contributed by atoms with Gasteiger partial charge >= 0.3 is 12.1 Å². The number of pyridine rings is 1. The fourth-order valence-electron chi connectivity index (χ4n) is 5.06. The van der Waals surface area contributed by atoms with Gasteiger partial charge in [-0.15, -0.1) is 0 Å². The predicted octanol–water partition coefficient (Wildman–Crippen LogP) is 5.46. The number of carbonyl (C=O) groups is 2. The van der Waals surface area contributed by atoms with Crippen molar-refractivity contribution in [2.45, 2.75) is 38.4 Å². The maximum absolute atomic E-state index is 12.6. The van der Waals surface area contributed by atoms with E-state index in [1.165, 1.54) is 0 Å². The molecule has 0 saturated carbocycles. The Morgan fingerprint density at radius 2 is 1.85 bits per heavy atom. The summed E-state index contributed by atoms with van der Waals surface area (Å²) in [6.07, 6.45) is 1.48. The number of amides is 1. The van der Waals surface area contributed by atoms with E-state index in [1.807, 2.05) is 48.2 Å². The summed E-state index contributed by atoms with van der Waals surface area (Å²) < 4.78 is 16.4. The van der Waals surface area contributed by atoms with Gasteiger partial charge in [-0.2, -0.15) is 0 Å². The molecule has 0 aliphatic carbocycles. The standard InChI is InChI=1S/C29H30ClN3O6/c1-19-21(5-10-27(31-19)39-25-8-6-24(7-9-25)37-18-28(34)35)16-32-13-11-23(12-14-32)33-26(17-38-29(33)36)20-3-2-4-22(30)15-20/h2-10,15,23,26H,11-14,16-18H2,1H3,(H,34,35). The van der Waals surface area contributed by atoms with Crippen LogP contribution in [0.5, 0.6) is 17.4 Å². The van der Waals surface area contributed by atoms with Crippen LogP contribution in [0.25, 0.3) is 0 Å². The molecule has 0 bridgehead atoms. The highest BCUT2D eigenvalue weighted by Gasteiger charge is 2.40. The third kappa shape index (κ3) is 6.61. The molecule has 2 saturated heterocycles. The van der Waals surface area contributed by atoms with E-state index >= 15 is 0 Å². The summed E-state index contributed by atoms with van der Waals surface area (Å²) in [5, 5.41) is 9.37. The summed E-state index contributed by atoms with van der Waals surface area (Å²) in [4.78, 5) is 32.1. The number of halogens is 1. The largest absolute Gasteiger partial charge is 0.482 e. The van der Waals surface area contributed by atoms with E-state index in [0.717, 1.165) is 49.3 Å². The topological polar surface area (TPSA) is 101 Å². The van der Waals surface area contributed by atoms with Crippen molar-refractivity contribution in [1.82, 2.24) is 14.8 Å². The fraction of sp³-hybridized carbons (Fsp3) is 0.345. The predicted molar refractivity (Wildman–Crippen MR) is 144 cm³/mol. The minimum atomic E-state index is -1.03. The van der Waals surface area contributed by atoms with Crippen molar-refractivity contribution in [3.8, 4) is 17.4 Å². The Morgan fingerprint density at radius 3 is 2.54 bits per heavy atom. The molecule has 5 rings (SSSR count). The number of cyclic esters (lactones) is 1. The third-order valence-corrected chi connectivity index (χ3v) is 7.30. The molecule has 1 atom stereocenters. The first kappa shape index (κ1) is 26.8. The van der Waals surface area contributed by atoms with Crippen molar-refractivity contribution in [3.63, 3.8) is 0 Å². The normalized spacial score (nSPS) is 18.2. The van der Waals surface area contributed by atoms with Gasteiger partial charge in [0.25, 0.3) is 0 Å². The van der Waals surface area contributed by atoms with Crippen molar-refractivity contribution < 1.29 is 28.9 Å². The van der Waals surface area contributed by atoms with Crippen molar-refractivity contribution in [2.75, 3.05) is 26.3 Å². The third-order valence-electron chi connectivity index (χ3n) is 7.07. The molecule has 10 heteroatoms. The van der Waals surface area contributed by atoms with Crippen molar-refractivity contribution in [3.05, 3.63) is 82.5 Å². The molecule has 2 aromatic carbocycles. The monoisotopic (exact) mass is 551 g/mol. The highest BCUT2D eigenvalue weighted by molar-refractivity contribution is 6.30. The Morgan fingerprint density at radius 1 is 1.10 bits per heavy atom. The number of hydrogen-bond acceptors (Lipinski definition) is 7. The molecule has 1 amide bonds. The number of benzene rings is 2. The van der Waals surface area contributed by atoms with Gasteiger partial charge in [0, 0.05) is 42.5 Å². The van der Waals surface area contributed by atoms with Crippen LogP contribution < -0.4 is 9.47 Å². The van der Waals surface area contributed by atoms with E-state index in [9.17, 15) is 9.59 Å². The SMILES string of the molecule is Cc1nc(Oc2ccc(OCC(=O)O)cc2)ccc1CN1CCC(N2C(=O)OCC2c2cccc(Cl)c2)CC1. The number of carboxylic acid groups (broad SMARTS) is 1. The van der Waals surface area contributed by atoms with Gasteiger partial charge < -0.3 is 19.3 Å². The first-order valence-electron chi connectivity index (χ1n) is 12.9. The van der Waals surface area contributed by atoms with Crippen LogP contribution >= 0.6 is 11.6 Å². The van der Waals surface area contributed by atoms with Crippen LogP contribution in [0.4, 0.5) is 4.79 Å². The zero-order valence-corrected chi connectivity index (χ0v) is 22.3. The van der Waals surface area contributed by atoms with Crippen molar-refractivity contribution in [2.24, 2.45) is 0 Å². The quantitative estimate of drug-likeness (QED) is 0.374. The Balaban J connectivity index is 1.15. The van der Waals surface area contributed by atoms with Crippen LogP contribution in [0.15, 0.2) is 60.7 Å². The second-order valence-electron chi connectivity index (χ2n) is 9.71. The number of likely N-dealkylation sites (tertiary alicyclic amines) is 1. The molecule has 1 N–H and O–H groups in total. The Kier molecular flexibility index (Phi) is 8.18. The molecule has 204 valence electrons. The summed E-state index contributed by atoms with van der Waals surface area (Å²) in [5.41, 5.74) is 3.01. The fourth-order valence-corrected chi connectivity index (χ4v) is 5.26. The molecular formula is C29H30ClN3O6. The van der Waals surface area contributed by atoms with Crippen LogP contribution in [-0.4, -0.2) is 64.3 Å². The number of aromatic nitrogens is 1. The molecule has 3 aromatic rings. The molecule has 2 aliphatic rings. The van der Waals surface area contributed by atoms with Gasteiger partial charge in [0.15, 0.2) is 6.61 Å². The maximum Gasteiger partial charge on any atom is 0.410 e. The van der Waals surface area contributed by atoms with Gasteiger partial charge in [0.05, 0.1) is 6.04 Å². The van der Waals surface area contributed by atoms with Crippen LogP contribution in [0.3, 0.4) is 0 Å². The molecule has 9 nitrogen and oxygen atoms in total. The van der Waals surface area contributed by atoms with E-state index in [2.05, 4.69) is 9.88 Å². The number of piperidine rings is 1. The zero-order chi connectivity index (χ0) is 27.4. The van der Waals surface area contributed by atoms with Crippen LogP contribution in [0.2, 0.25) is 5.02 Å². The van der Waals surface area contributed by atoms with Gasteiger partial charge in [-0.05, 0) is 67.3 Å². The molecule has 2 aliphatic heterocycles. The average molecular weight is 552 g/mol. The number of aliphatic carboxylic acids is 1. The highest BCUT2D eigenvalue weighted by atomic mass is 35.5. The highest BCUT2D eigenvalue weighted by Crippen LogP contribution is 2.34. The average Bonchev–Trinajstić information content (AvgIpc) is 3.31. The second-order valence-corrected chi connectivity index (χ2v) is 10.1. The minimum absolute atomic E-state index is 0.111. The molecule has 0 spiro atoms. The van der Waals surface area contributed by atoms with Gasteiger partial charge in [-0.3, -0.25) is 9.80 Å². The minimum Gasteiger partial charge on any atom is -0.482 e. The van der Waals surface area contributed by atoms with Gasteiger partial charge in [-0.25, -0.2) is 14.6 Å². The van der Waals surface area contributed by atoms with Gasteiger partial charge in [0.1, 0.15) is 18.1 Å². The van der Waals surface area contributed by atoms with Crippen LogP contribution in [0.1, 0.15) is 35.7 Å². The van der Waals surface area contributed by atoms with E-state index < -0.39 is 12.6 Å². The molecule has 0 radical (unpaired) electrons. The lowest BCUT2D eigenvalue weighted by molar-refractivity contribution is -0.139. The second kappa shape index (κ2) is 11.9. The molecular weight excluding hydrogens is 522 g/mol. The van der Waals surface area contributed by atoms with Crippen LogP contribution in [0, 0.1) is 6.92 Å². The first-order valence-corrected chi connectivity index (χ1v) is 13.3.